The number of aromatic nitrogens is 2. The number of nitrogens with two attached hydrogens (primary N) is 1. The molecule has 6 N–H and O–H groups in total. The Morgan fingerprint density at radius 1 is 1.22 bits per heavy atom. The number of β-lactam (4-membered cyclic amide) rings is 1. The second-order valence-electron chi connectivity index (χ2n) is 12.4. The molecule has 3 aliphatic heterocycles. The van der Waals surface area contributed by atoms with Gasteiger partial charge in [-0.1, -0.05) is 5.16 Å². The summed E-state index contributed by atoms with van der Waals surface area (Å²) in [5, 5.41) is 52.8. The number of thioether (sulfide) groups is 1. The molecule has 2 fully saturated rings. The summed E-state index contributed by atoms with van der Waals surface area (Å²) in [7, 11) is 0. The monoisotopic (exact) mass is 733 g/mol. The number of nitrogens with one attached hydrogen (secondary N) is 2. The molecule has 0 aliphatic carbocycles. The van der Waals surface area contributed by atoms with Crippen LogP contribution in [-0.2, 0) is 24.0 Å². The van der Waals surface area contributed by atoms with Gasteiger partial charge in [0.1, 0.15) is 29.3 Å². The highest BCUT2D eigenvalue weighted by Gasteiger charge is 2.54. The first kappa shape index (κ1) is 36.1. The van der Waals surface area contributed by atoms with Crippen molar-refractivity contribution in [3.05, 3.63) is 50.5 Å². The van der Waals surface area contributed by atoms with Crippen LogP contribution >= 0.6 is 23.1 Å². The standard InChI is InChI=1S/C29H34N8O11S2/c1-29(2,27(45)46)48-34-19(15-13-50-28(30)32-15)23(41)33-20-24(42)36-21(26(43)44)14(12-49-25(20)36)11-37(6-3-4-7-37)8-5-31-22(40)16-9-17(38)18(39)10-35(16)47/h9-10,13,20,25,47H,3-8,11-12H2,1-2H3,(H6-,30,31,32,33,39,40,41,43,44,45,46)/p-1/b34-19-/t20-,25-/m1/s1. The Morgan fingerprint density at radius 2 is 1.92 bits per heavy atom. The van der Waals surface area contributed by atoms with Crippen molar-refractivity contribution in [3.63, 3.8) is 0 Å². The van der Waals surface area contributed by atoms with Crippen LogP contribution in [0.25, 0.3) is 0 Å². The maximum atomic E-state index is 13.4. The van der Waals surface area contributed by atoms with Gasteiger partial charge in [-0.3, -0.25) is 24.1 Å². The van der Waals surface area contributed by atoms with E-state index in [1.54, 1.807) is 0 Å². The number of carboxylic acid groups (broad SMARTS) is 2. The molecule has 0 bridgehead atoms. The molecule has 3 aliphatic rings. The van der Waals surface area contributed by atoms with Gasteiger partial charge in [-0.15, -0.1) is 23.1 Å². The van der Waals surface area contributed by atoms with Crippen LogP contribution in [0.3, 0.4) is 0 Å². The molecule has 2 aromatic heterocycles. The van der Waals surface area contributed by atoms with Crippen LogP contribution in [0.1, 0.15) is 42.9 Å². The zero-order valence-corrected chi connectivity index (χ0v) is 28.4. The summed E-state index contributed by atoms with van der Waals surface area (Å²) in [5.74, 6) is -6.13. The summed E-state index contributed by atoms with van der Waals surface area (Å²) < 4.78 is 0.729. The topological polar surface area (TPSA) is 282 Å². The third-order valence-corrected chi connectivity index (χ3v) is 10.5. The van der Waals surface area contributed by atoms with Gasteiger partial charge in [-0.05, 0) is 13.8 Å². The molecule has 268 valence electrons. The highest BCUT2D eigenvalue weighted by molar-refractivity contribution is 8.00. The lowest BCUT2D eigenvalue weighted by molar-refractivity contribution is -0.911. The first-order valence-corrected chi connectivity index (χ1v) is 17.1. The van der Waals surface area contributed by atoms with Crippen LogP contribution in [-0.4, -0.2) is 120 Å². The Kier molecular flexibility index (Phi) is 10.1. The van der Waals surface area contributed by atoms with Crippen molar-refractivity contribution < 1.29 is 53.8 Å². The predicted octanol–water partition coefficient (Wildman–Crippen LogP) is -3.48. The number of hydrogen-bond acceptors (Lipinski definition) is 16. The second-order valence-corrected chi connectivity index (χ2v) is 14.4. The number of carbonyl (C=O) groups is 5. The van der Waals surface area contributed by atoms with Gasteiger partial charge in [0.2, 0.25) is 5.43 Å². The highest BCUT2D eigenvalue weighted by atomic mass is 32.2. The molecule has 50 heavy (non-hydrogen) atoms. The Labute approximate surface area is 291 Å². The van der Waals surface area contributed by atoms with E-state index in [2.05, 4.69) is 20.8 Å². The quantitative estimate of drug-likeness (QED) is 0.0440. The van der Waals surface area contributed by atoms with E-state index < -0.39 is 63.6 Å². The number of pyridine rings is 1. The lowest BCUT2D eigenvalue weighted by Gasteiger charge is -2.51. The SMILES string of the molecule is CC(C)(O/N=C(\C(=O)N[C@@H]1C(=O)N2C(C(=O)[O-])=C(C[N+]3(CCNC(=O)c4cc(=O)c(O)cn4O)CCCC3)CS[C@H]12)c1csc(N)n1)C(=O)[O-]. The second kappa shape index (κ2) is 14.0. The van der Waals surface area contributed by atoms with Crippen LogP contribution in [0.5, 0.6) is 5.75 Å². The largest absolute Gasteiger partial charge is 0.546 e. The van der Waals surface area contributed by atoms with Crippen molar-refractivity contribution in [1.29, 1.82) is 0 Å². The maximum absolute atomic E-state index is 13.4. The zero-order valence-electron chi connectivity index (χ0n) is 26.7. The van der Waals surface area contributed by atoms with E-state index in [0.29, 0.717) is 40.6 Å². The molecule has 3 amide bonds. The number of carbonyl (C=O) groups excluding carboxylic acids is 5. The number of aliphatic carboxylic acids is 2. The lowest BCUT2D eigenvalue weighted by atomic mass is 10.0. The Hall–Kier alpha value is -5.15. The summed E-state index contributed by atoms with van der Waals surface area (Å²) in [6, 6.07) is -0.376. The number of anilines is 1. The van der Waals surface area contributed by atoms with Crippen molar-refractivity contribution in [1.82, 2.24) is 25.2 Å². The van der Waals surface area contributed by atoms with Gasteiger partial charge in [0, 0.05) is 35.6 Å². The molecule has 0 radical (unpaired) electrons. The van der Waals surface area contributed by atoms with Gasteiger partial charge in [-0.25, -0.2) is 4.98 Å². The van der Waals surface area contributed by atoms with Crippen molar-refractivity contribution in [2.45, 2.75) is 43.7 Å². The zero-order chi connectivity index (χ0) is 36.5. The van der Waals surface area contributed by atoms with Crippen LogP contribution in [0.15, 0.2) is 38.9 Å². The average Bonchev–Trinajstić information content (AvgIpc) is 3.70. The fourth-order valence-corrected chi connectivity index (χ4v) is 7.74. The fourth-order valence-electron chi connectivity index (χ4n) is 5.85. The number of quaternary nitrogens is 1. The van der Waals surface area contributed by atoms with Gasteiger partial charge in [-0.2, -0.15) is 4.73 Å². The molecular weight excluding hydrogens is 700 g/mol. The number of thiazole rings is 1. The van der Waals surface area contributed by atoms with Gasteiger partial charge in [0.05, 0.1) is 50.0 Å². The third-order valence-electron chi connectivity index (χ3n) is 8.52. The smallest absolute Gasteiger partial charge is 0.276 e. The van der Waals surface area contributed by atoms with E-state index in [1.807, 2.05) is 0 Å². The Morgan fingerprint density at radius 3 is 2.54 bits per heavy atom. The molecular formula is C29H33N8O11S2-. The summed E-state index contributed by atoms with van der Waals surface area (Å²) >= 11 is 2.21. The van der Waals surface area contributed by atoms with Crippen LogP contribution in [0.4, 0.5) is 5.13 Å². The molecule has 5 rings (SSSR count). The number of rotatable bonds is 13. The molecule has 19 nitrogen and oxygen atoms in total. The van der Waals surface area contributed by atoms with Crippen molar-refractivity contribution in [2.75, 3.05) is 44.2 Å². The van der Waals surface area contributed by atoms with Gasteiger partial charge < -0.3 is 55.8 Å². The Balaban J connectivity index is 1.30. The molecule has 21 heteroatoms. The number of nitrogen functional groups attached to an aromatic ring is 1. The van der Waals surface area contributed by atoms with Gasteiger partial charge in [0.15, 0.2) is 22.2 Å². The van der Waals surface area contributed by atoms with Crippen LogP contribution in [0.2, 0.25) is 0 Å². The van der Waals surface area contributed by atoms with Crippen LogP contribution in [0, 0.1) is 0 Å². The maximum Gasteiger partial charge on any atom is 0.276 e. The van der Waals surface area contributed by atoms with E-state index in [-0.39, 0.29) is 41.1 Å². The van der Waals surface area contributed by atoms with Crippen LogP contribution < -0.4 is 32.0 Å². The van der Waals surface area contributed by atoms with E-state index in [0.717, 1.165) is 49.0 Å². The number of amides is 3. The molecule has 0 saturated carbocycles. The molecule has 0 unspecified atom stereocenters. The van der Waals surface area contributed by atoms with Gasteiger partial charge >= 0.3 is 0 Å². The number of hydrogen-bond donors (Lipinski definition) is 5. The minimum absolute atomic E-state index is 0.0405. The van der Waals surface area contributed by atoms with Gasteiger partial charge in [0.25, 0.3) is 17.7 Å². The number of oxime groups is 1. The highest BCUT2D eigenvalue weighted by Crippen LogP contribution is 2.41. The first-order chi connectivity index (χ1) is 23.5. The third kappa shape index (κ3) is 7.23. The average molecular weight is 734 g/mol. The number of carboxylic acids is 2. The van der Waals surface area contributed by atoms with E-state index >= 15 is 0 Å². The molecule has 2 saturated heterocycles. The molecule has 2 atom stereocenters. The fraction of sp³-hybridized carbons (Fsp3) is 0.448. The molecule has 5 heterocycles. The summed E-state index contributed by atoms with van der Waals surface area (Å²) in [5.41, 5.74) is 2.20. The minimum atomic E-state index is -1.92. The normalized spacial score (nSPS) is 20.2. The number of fused-ring (bicyclic) bond motifs is 1. The van der Waals surface area contributed by atoms with E-state index in [9.17, 15) is 49.3 Å². The predicted molar refractivity (Wildman–Crippen MR) is 171 cm³/mol. The summed E-state index contributed by atoms with van der Waals surface area (Å²) in [6.07, 6.45) is 2.38. The molecule has 0 spiro atoms. The number of aromatic hydroxyl groups is 1. The number of likely N-dealkylation sites (tertiary alicyclic amines) is 1. The Bertz CT molecular complexity index is 1860. The number of nitrogens with zero attached hydrogens (tertiary/aromatic N) is 5. The van der Waals surface area contributed by atoms with E-state index in [4.69, 9.17) is 10.6 Å². The molecule has 2 aromatic rings. The van der Waals surface area contributed by atoms with E-state index in [1.165, 1.54) is 17.1 Å². The van der Waals surface area contributed by atoms with Crippen molar-refractivity contribution in [2.24, 2.45) is 5.16 Å². The van der Waals surface area contributed by atoms with Crippen molar-refractivity contribution in [3.8, 4) is 5.75 Å². The van der Waals surface area contributed by atoms with Crippen molar-refractivity contribution >= 4 is 63.6 Å². The minimum Gasteiger partial charge on any atom is -0.546 e. The summed E-state index contributed by atoms with van der Waals surface area (Å²) in [4.78, 5) is 85.1. The first-order valence-electron chi connectivity index (χ1n) is 15.2. The lowest BCUT2D eigenvalue weighted by Crippen LogP contribution is -2.72. The summed E-state index contributed by atoms with van der Waals surface area (Å²) in [6.45, 7) is 4.33. The molecule has 0 aromatic carbocycles.